The van der Waals surface area contributed by atoms with Crippen molar-refractivity contribution in [3.63, 3.8) is 0 Å². The van der Waals surface area contributed by atoms with Crippen LogP contribution < -0.4 is 15.8 Å². The maximum Gasteiger partial charge on any atom is 0.220 e. The lowest BCUT2D eigenvalue weighted by Gasteiger charge is -2.14. The molecular formula is C22H25N3O2. The number of aromatic nitrogens is 1. The molecule has 2 fully saturated rings. The molecule has 0 spiro atoms. The molecule has 3 N–H and O–H groups in total. The summed E-state index contributed by atoms with van der Waals surface area (Å²) in [5.41, 5.74) is 10.9. The largest absolute Gasteiger partial charge is 0.481 e. The predicted octanol–water partition coefficient (Wildman–Crippen LogP) is 3.14. The number of hydrogen-bond acceptors (Lipinski definition) is 4. The topological polar surface area (TPSA) is 77.2 Å². The first-order valence-electron chi connectivity index (χ1n) is 9.54. The van der Waals surface area contributed by atoms with Gasteiger partial charge in [0.2, 0.25) is 11.8 Å². The molecule has 0 unspecified atom stereocenters. The summed E-state index contributed by atoms with van der Waals surface area (Å²) in [6.45, 7) is 0.514. The van der Waals surface area contributed by atoms with Gasteiger partial charge in [0.05, 0.1) is 12.8 Å². The molecule has 1 amide bonds. The van der Waals surface area contributed by atoms with Crippen molar-refractivity contribution >= 4 is 11.5 Å². The molecule has 0 bridgehead atoms. The Morgan fingerprint density at radius 1 is 1.22 bits per heavy atom. The van der Waals surface area contributed by atoms with Crippen LogP contribution in [-0.4, -0.2) is 24.0 Å². The lowest BCUT2D eigenvalue weighted by atomic mass is 9.97. The molecule has 140 valence electrons. The Morgan fingerprint density at radius 2 is 2.00 bits per heavy atom. The van der Waals surface area contributed by atoms with Crippen LogP contribution in [0.3, 0.4) is 0 Å². The smallest absolute Gasteiger partial charge is 0.220 e. The van der Waals surface area contributed by atoms with Gasteiger partial charge in [-0.05, 0) is 42.4 Å². The minimum Gasteiger partial charge on any atom is -0.481 e. The van der Waals surface area contributed by atoms with Crippen LogP contribution in [0.4, 0.5) is 0 Å². The number of benzene rings is 1. The molecule has 1 aromatic carbocycles. The summed E-state index contributed by atoms with van der Waals surface area (Å²) in [6.07, 6.45) is 5.89. The first kappa shape index (κ1) is 17.7. The molecule has 1 atom stereocenters. The third-order valence-electron chi connectivity index (χ3n) is 5.27. The van der Waals surface area contributed by atoms with Crippen molar-refractivity contribution in [1.82, 2.24) is 10.3 Å². The van der Waals surface area contributed by atoms with E-state index in [1.165, 1.54) is 18.4 Å². The fourth-order valence-electron chi connectivity index (χ4n) is 3.58. The average Bonchev–Trinajstić information content (AvgIpc) is 3.47. The highest BCUT2D eigenvalue weighted by molar-refractivity contribution is 5.82. The Hall–Kier alpha value is -2.66. The van der Waals surface area contributed by atoms with E-state index in [2.05, 4.69) is 35.7 Å². The second kappa shape index (κ2) is 7.53. The monoisotopic (exact) mass is 363 g/mol. The fourth-order valence-corrected chi connectivity index (χ4v) is 3.58. The summed E-state index contributed by atoms with van der Waals surface area (Å²) >= 11 is 0. The molecule has 27 heavy (non-hydrogen) atoms. The lowest BCUT2D eigenvalue weighted by Crippen LogP contribution is -2.23. The number of rotatable bonds is 6. The number of nitrogens with one attached hydrogen (secondary N) is 1. The van der Waals surface area contributed by atoms with E-state index in [0.29, 0.717) is 24.8 Å². The molecule has 1 aromatic heterocycles. The van der Waals surface area contributed by atoms with Crippen molar-refractivity contribution in [1.29, 1.82) is 0 Å². The molecule has 1 aliphatic heterocycles. The quantitative estimate of drug-likeness (QED) is 0.827. The molecule has 2 heterocycles. The van der Waals surface area contributed by atoms with Crippen LogP contribution in [0.15, 0.2) is 42.5 Å². The van der Waals surface area contributed by atoms with E-state index < -0.39 is 0 Å². The van der Waals surface area contributed by atoms with E-state index in [1.54, 1.807) is 7.11 Å². The van der Waals surface area contributed by atoms with Crippen LogP contribution >= 0.6 is 0 Å². The zero-order valence-corrected chi connectivity index (χ0v) is 15.6. The van der Waals surface area contributed by atoms with Crippen molar-refractivity contribution in [2.24, 2.45) is 5.73 Å². The maximum atomic E-state index is 11.6. The summed E-state index contributed by atoms with van der Waals surface area (Å²) in [5, 5.41) is 3.02. The molecule has 0 radical (unpaired) electrons. The Balaban J connectivity index is 1.74. The van der Waals surface area contributed by atoms with E-state index in [-0.39, 0.29) is 11.9 Å². The van der Waals surface area contributed by atoms with Crippen LogP contribution in [0.25, 0.3) is 5.57 Å². The molecule has 5 nitrogen and oxygen atoms in total. The van der Waals surface area contributed by atoms with E-state index in [0.717, 1.165) is 28.8 Å². The normalized spacial score (nSPS) is 19.9. The van der Waals surface area contributed by atoms with Crippen LogP contribution in [0.1, 0.15) is 54.0 Å². The van der Waals surface area contributed by atoms with Crippen molar-refractivity contribution in [2.75, 3.05) is 7.11 Å². The first-order chi connectivity index (χ1) is 13.2. The number of pyridine rings is 1. The second-order valence-corrected chi connectivity index (χ2v) is 7.26. The molecule has 1 saturated heterocycles. The van der Waals surface area contributed by atoms with Crippen molar-refractivity contribution < 1.29 is 9.53 Å². The van der Waals surface area contributed by atoms with Crippen LogP contribution in [-0.2, 0) is 11.3 Å². The molecule has 4 rings (SSSR count). The zero-order valence-electron chi connectivity index (χ0n) is 15.6. The van der Waals surface area contributed by atoms with Crippen LogP contribution in [0, 0.1) is 0 Å². The van der Waals surface area contributed by atoms with Crippen molar-refractivity contribution in [2.45, 2.75) is 44.2 Å². The van der Waals surface area contributed by atoms with Gasteiger partial charge in [0.1, 0.15) is 0 Å². The lowest BCUT2D eigenvalue weighted by molar-refractivity contribution is -0.119. The molecule has 2 aliphatic rings. The number of amides is 1. The third-order valence-corrected chi connectivity index (χ3v) is 5.27. The number of ether oxygens (including phenoxy) is 1. The number of nitrogens with zero attached hydrogens (tertiary/aromatic N) is 1. The highest BCUT2D eigenvalue weighted by Gasteiger charge is 2.28. The van der Waals surface area contributed by atoms with E-state index in [9.17, 15) is 4.79 Å². The fraction of sp³-hybridized carbons (Fsp3) is 0.364. The predicted molar refractivity (Wildman–Crippen MR) is 105 cm³/mol. The third kappa shape index (κ3) is 3.88. The van der Waals surface area contributed by atoms with Gasteiger partial charge in [-0.15, -0.1) is 0 Å². The van der Waals surface area contributed by atoms with Gasteiger partial charge in [0.15, 0.2) is 0 Å². The molecular weight excluding hydrogens is 338 g/mol. The molecule has 5 heteroatoms. The van der Waals surface area contributed by atoms with E-state index in [1.807, 2.05) is 12.1 Å². The van der Waals surface area contributed by atoms with Gasteiger partial charge in [-0.2, -0.15) is 0 Å². The van der Waals surface area contributed by atoms with Gasteiger partial charge in [0.25, 0.3) is 0 Å². The molecule has 2 aromatic rings. The highest BCUT2D eigenvalue weighted by Crippen LogP contribution is 2.44. The van der Waals surface area contributed by atoms with Gasteiger partial charge < -0.3 is 15.8 Å². The minimum atomic E-state index is 0.0255. The number of methoxy groups -OCH3 is 1. The number of nitrogens with two attached hydrogens (primary N) is 1. The van der Waals surface area contributed by atoms with Gasteiger partial charge in [0, 0.05) is 30.1 Å². The standard InChI is InChI=1S/C22H25N3O2/c1-27-22-18(15-6-7-15)9-10-20(25-22)19(12-17-8-11-21(26)24-17)16-4-2-14(13-23)3-5-16/h2-5,9-10,12,15,17H,6-8,11,13,23H2,1H3,(H,24,26)/t17-/m1/s1. The summed E-state index contributed by atoms with van der Waals surface area (Å²) in [6, 6.07) is 12.4. The van der Waals surface area contributed by atoms with Gasteiger partial charge in [-0.3, -0.25) is 4.79 Å². The van der Waals surface area contributed by atoms with E-state index >= 15 is 0 Å². The first-order valence-corrected chi connectivity index (χ1v) is 9.54. The zero-order chi connectivity index (χ0) is 18.8. The molecule has 1 aliphatic carbocycles. The Labute approximate surface area is 159 Å². The SMILES string of the molecule is COc1nc(C(=C[C@H]2CCC(=O)N2)c2ccc(CN)cc2)ccc1C1CC1. The Morgan fingerprint density at radius 3 is 2.59 bits per heavy atom. The summed E-state index contributed by atoms with van der Waals surface area (Å²) in [5.74, 6) is 1.38. The van der Waals surface area contributed by atoms with E-state index in [4.69, 9.17) is 15.5 Å². The Kier molecular flexibility index (Phi) is 4.94. The van der Waals surface area contributed by atoms with Gasteiger partial charge in [-0.1, -0.05) is 36.4 Å². The number of carbonyl (C=O) groups excluding carboxylic acids is 1. The Bertz CT molecular complexity index is 870. The summed E-state index contributed by atoms with van der Waals surface area (Å²) in [7, 11) is 1.68. The average molecular weight is 363 g/mol. The van der Waals surface area contributed by atoms with Gasteiger partial charge >= 0.3 is 0 Å². The van der Waals surface area contributed by atoms with Crippen LogP contribution in [0.5, 0.6) is 5.88 Å². The van der Waals surface area contributed by atoms with Crippen LogP contribution in [0.2, 0.25) is 0 Å². The van der Waals surface area contributed by atoms with Crippen molar-refractivity contribution in [3.05, 3.63) is 64.9 Å². The summed E-state index contributed by atoms with van der Waals surface area (Å²) in [4.78, 5) is 16.4. The second-order valence-electron chi connectivity index (χ2n) is 7.26. The maximum absolute atomic E-state index is 11.6. The number of hydrogen-bond donors (Lipinski definition) is 2. The number of carbonyl (C=O) groups is 1. The minimum absolute atomic E-state index is 0.0255. The molecule has 1 saturated carbocycles. The summed E-state index contributed by atoms with van der Waals surface area (Å²) < 4.78 is 5.57. The van der Waals surface area contributed by atoms with Gasteiger partial charge in [-0.25, -0.2) is 4.98 Å². The van der Waals surface area contributed by atoms with Crippen molar-refractivity contribution in [3.8, 4) is 5.88 Å². The highest BCUT2D eigenvalue weighted by atomic mass is 16.5.